The van der Waals surface area contributed by atoms with Gasteiger partial charge in [-0.05, 0) is 56.2 Å². The highest BCUT2D eigenvalue weighted by Crippen LogP contribution is 2.43. The number of carbonyl (C=O) groups is 2. The van der Waals surface area contributed by atoms with E-state index in [0.717, 1.165) is 36.8 Å². The largest absolute Gasteiger partial charge is 0.353 e. The Hall–Kier alpha value is -2.66. The summed E-state index contributed by atoms with van der Waals surface area (Å²) in [5.41, 5.74) is 1.99. The standard InChI is InChI=1S/C25H30N2O3/c1-18-11-13-25(14-12-18)27(24(29)21-10-6-7-19(2)15-21)22(17-30-25)23(28)26-16-20-8-4-3-5-9-20/h3-10,15,18,22H,11-14,16-17H2,1-2H3,(H,26,28). The molecule has 4 rings (SSSR count). The fourth-order valence-electron chi connectivity index (χ4n) is 4.60. The van der Waals surface area contributed by atoms with Crippen molar-refractivity contribution >= 4 is 11.8 Å². The van der Waals surface area contributed by atoms with E-state index in [-0.39, 0.29) is 18.4 Å². The molecule has 0 bridgehead atoms. The molecule has 2 aromatic rings. The molecule has 2 fully saturated rings. The van der Waals surface area contributed by atoms with Crippen molar-refractivity contribution in [2.45, 2.75) is 57.8 Å². The molecule has 2 aliphatic rings. The van der Waals surface area contributed by atoms with E-state index in [1.54, 1.807) is 4.90 Å². The molecule has 1 aliphatic carbocycles. The molecule has 0 radical (unpaired) electrons. The summed E-state index contributed by atoms with van der Waals surface area (Å²) < 4.78 is 6.25. The second-order valence-electron chi connectivity index (χ2n) is 8.70. The lowest BCUT2D eigenvalue weighted by Gasteiger charge is -2.43. The molecule has 2 aromatic carbocycles. The minimum Gasteiger partial charge on any atom is -0.353 e. The van der Waals surface area contributed by atoms with Crippen LogP contribution in [0.5, 0.6) is 0 Å². The molecule has 1 N–H and O–H groups in total. The van der Waals surface area contributed by atoms with Crippen LogP contribution in [-0.2, 0) is 16.1 Å². The van der Waals surface area contributed by atoms with Gasteiger partial charge in [0, 0.05) is 12.1 Å². The van der Waals surface area contributed by atoms with Gasteiger partial charge in [-0.15, -0.1) is 0 Å². The van der Waals surface area contributed by atoms with Crippen molar-refractivity contribution in [3.05, 3.63) is 71.3 Å². The topological polar surface area (TPSA) is 58.6 Å². The Morgan fingerprint density at radius 3 is 2.53 bits per heavy atom. The molecule has 1 aliphatic heterocycles. The third-order valence-corrected chi connectivity index (χ3v) is 6.41. The normalized spacial score (nSPS) is 26.0. The predicted molar refractivity (Wildman–Crippen MR) is 116 cm³/mol. The Bertz CT molecular complexity index is 904. The molecule has 30 heavy (non-hydrogen) atoms. The van der Waals surface area contributed by atoms with Crippen molar-refractivity contribution in [2.75, 3.05) is 6.61 Å². The number of benzene rings is 2. The molecule has 1 atom stereocenters. The number of ether oxygens (including phenoxy) is 1. The SMILES string of the molecule is Cc1cccc(C(=O)N2C(C(=O)NCc3ccccc3)COC23CCC(C)CC3)c1. The van der Waals surface area contributed by atoms with Crippen LogP contribution in [0.15, 0.2) is 54.6 Å². The Kier molecular flexibility index (Phi) is 5.91. The summed E-state index contributed by atoms with van der Waals surface area (Å²) in [5, 5.41) is 3.01. The maximum Gasteiger partial charge on any atom is 0.256 e. The van der Waals surface area contributed by atoms with Gasteiger partial charge in [-0.25, -0.2) is 0 Å². The average Bonchev–Trinajstić information content (AvgIpc) is 3.13. The lowest BCUT2D eigenvalue weighted by atomic mass is 9.83. The lowest BCUT2D eigenvalue weighted by Crippen LogP contribution is -2.56. The van der Waals surface area contributed by atoms with Crippen LogP contribution in [-0.4, -0.2) is 35.1 Å². The summed E-state index contributed by atoms with van der Waals surface area (Å²) in [6.07, 6.45) is 3.54. The third kappa shape index (κ3) is 4.12. The summed E-state index contributed by atoms with van der Waals surface area (Å²) >= 11 is 0. The minimum absolute atomic E-state index is 0.120. The number of carbonyl (C=O) groups excluding carboxylic acids is 2. The van der Waals surface area contributed by atoms with E-state index in [1.807, 2.05) is 61.5 Å². The average molecular weight is 407 g/mol. The number of hydrogen-bond donors (Lipinski definition) is 1. The molecule has 1 saturated carbocycles. The minimum atomic E-state index is -0.678. The predicted octanol–water partition coefficient (Wildman–Crippen LogP) is 4.06. The Labute approximate surface area is 178 Å². The molecule has 5 nitrogen and oxygen atoms in total. The Balaban J connectivity index is 1.58. The molecular formula is C25H30N2O3. The van der Waals surface area contributed by atoms with Crippen molar-refractivity contribution in [3.63, 3.8) is 0 Å². The van der Waals surface area contributed by atoms with Crippen LogP contribution in [0.3, 0.4) is 0 Å². The van der Waals surface area contributed by atoms with Crippen LogP contribution in [0.1, 0.15) is 54.1 Å². The Morgan fingerprint density at radius 2 is 1.83 bits per heavy atom. The van der Waals surface area contributed by atoms with Crippen LogP contribution in [0, 0.1) is 12.8 Å². The highest BCUT2D eigenvalue weighted by Gasteiger charge is 2.53. The summed E-state index contributed by atoms with van der Waals surface area (Å²) in [6, 6.07) is 16.8. The van der Waals surface area contributed by atoms with Gasteiger partial charge < -0.3 is 10.1 Å². The molecule has 0 aromatic heterocycles. The maximum absolute atomic E-state index is 13.6. The molecule has 1 unspecified atom stereocenters. The van der Waals surface area contributed by atoms with Crippen molar-refractivity contribution in [2.24, 2.45) is 5.92 Å². The van der Waals surface area contributed by atoms with Gasteiger partial charge in [-0.1, -0.05) is 55.0 Å². The number of nitrogens with one attached hydrogen (secondary N) is 1. The van der Waals surface area contributed by atoms with Crippen molar-refractivity contribution in [1.82, 2.24) is 10.2 Å². The van der Waals surface area contributed by atoms with E-state index in [9.17, 15) is 9.59 Å². The van der Waals surface area contributed by atoms with Gasteiger partial charge >= 0.3 is 0 Å². The zero-order valence-corrected chi connectivity index (χ0v) is 17.8. The quantitative estimate of drug-likeness (QED) is 0.833. The molecule has 1 saturated heterocycles. The molecule has 1 spiro atoms. The fourth-order valence-corrected chi connectivity index (χ4v) is 4.60. The molecule has 5 heteroatoms. The van der Waals surface area contributed by atoms with Gasteiger partial charge in [0.05, 0.1) is 6.61 Å². The Morgan fingerprint density at radius 1 is 1.10 bits per heavy atom. The maximum atomic E-state index is 13.6. The van der Waals surface area contributed by atoms with Gasteiger partial charge in [0.25, 0.3) is 5.91 Å². The smallest absolute Gasteiger partial charge is 0.256 e. The van der Waals surface area contributed by atoms with E-state index >= 15 is 0 Å². The molecular weight excluding hydrogens is 376 g/mol. The van der Waals surface area contributed by atoms with E-state index in [2.05, 4.69) is 12.2 Å². The van der Waals surface area contributed by atoms with Crippen LogP contribution in [0.2, 0.25) is 0 Å². The lowest BCUT2D eigenvalue weighted by molar-refractivity contribution is -0.128. The zero-order chi connectivity index (χ0) is 21.1. The molecule has 2 amide bonds. The van der Waals surface area contributed by atoms with E-state index in [1.165, 1.54) is 0 Å². The summed E-state index contributed by atoms with van der Waals surface area (Å²) in [4.78, 5) is 28.5. The number of hydrogen-bond acceptors (Lipinski definition) is 3. The van der Waals surface area contributed by atoms with Gasteiger partial charge in [-0.2, -0.15) is 0 Å². The number of aryl methyl sites for hydroxylation is 1. The first-order chi connectivity index (χ1) is 14.5. The van der Waals surface area contributed by atoms with Crippen LogP contribution >= 0.6 is 0 Å². The molecule has 1 heterocycles. The van der Waals surface area contributed by atoms with Gasteiger partial charge in [0.2, 0.25) is 5.91 Å². The second kappa shape index (κ2) is 8.60. The number of nitrogens with zero attached hydrogens (tertiary/aromatic N) is 1. The monoisotopic (exact) mass is 406 g/mol. The summed E-state index contributed by atoms with van der Waals surface area (Å²) in [7, 11) is 0. The van der Waals surface area contributed by atoms with Gasteiger partial charge in [-0.3, -0.25) is 14.5 Å². The van der Waals surface area contributed by atoms with E-state index in [4.69, 9.17) is 4.74 Å². The zero-order valence-electron chi connectivity index (χ0n) is 17.8. The van der Waals surface area contributed by atoms with Crippen LogP contribution < -0.4 is 5.32 Å². The summed E-state index contributed by atoms with van der Waals surface area (Å²) in [6.45, 7) is 4.89. The highest BCUT2D eigenvalue weighted by molar-refractivity contribution is 5.98. The van der Waals surface area contributed by atoms with Gasteiger partial charge in [0.1, 0.15) is 11.8 Å². The van der Waals surface area contributed by atoms with Crippen molar-refractivity contribution in [3.8, 4) is 0 Å². The molecule has 158 valence electrons. The first-order valence-corrected chi connectivity index (χ1v) is 10.8. The highest BCUT2D eigenvalue weighted by atomic mass is 16.5. The number of rotatable bonds is 4. The van der Waals surface area contributed by atoms with E-state index in [0.29, 0.717) is 18.0 Å². The van der Waals surface area contributed by atoms with Crippen molar-refractivity contribution in [1.29, 1.82) is 0 Å². The van der Waals surface area contributed by atoms with Crippen molar-refractivity contribution < 1.29 is 14.3 Å². The first-order valence-electron chi connectivity index (χ1n) is 10.8. The second-order valence-corrected chi connectivity index (χ2v) is 8.70. The third-order valence-electron chi connectivity index (χ3n) is 6.41. The van der Waals surface area contributed by atoms with Crippen LogP contribution in [0.25, 0.3) is 0 Å². The van der Waals surface area contributed by atoms with Gasteiger partial charge in [0.15, 0.2) is 0 Å². The fraction of sp³-hybridized carbons (Fsp3) is 0.440. The summed E-state index contributed by atoms with van der Waals surface area (Å²) in [5.74, 6) is 0.335. The number of amides is 2. The van der Waals surface area contributed by atoms with E-state index < -0.39 is 11.8 Å². The van der Waals surface area contributed by atoms with Crippen LogP contribution in [0.4, 0.5) is 0 Å². The first kappa shape index (κ1) is 20.6.